The standard InChI is InChI=1S/C22H28BrFN2O2/c1-6-8-18-22(20(27)28,21(4,5)7-2)19(16(12-25)13(3)26-18)15-10-9-14(24)11-17(15)23/h9-11,16,18-19H,6-8H2,1-5H3,(H,27,28). The minimum absolute atomic E-state index is 0.411. The van der Waals surface area contributed by atoms with Gasteiger partial charge in [0, 0.05) is 16.1 Å². The Bertz CT molecular complexity index is 830. The number of carboxylic acid groups (broad SMARTS) is 1. The Kier molecular flexibility index (Phi) is 6.70. The molecule has 2 rings (SSSR count). The second-order valence-electron chi connectivity index (χ2n) is 8.24. The highest BCUT2D eigenvalue weighted by molar-refractivity contribution is 9.10. The van der Waals surface area contributed by atoms with Crippen LogP contribution in [0.2, 0.25) is 0 Å². The van der Waals surface area contributed by atoms with E-state index in [1.54, 1.807) is 13.0 Å². The Hall–Kier alpha value is -1.74. The second kappa shape index (κ2) is 8.32. The summed E-state index contributed by atoms with van der Waals surface area (Å²) in [6.45, 7) is 9.66. The van der Waals surface area contributed by atoms with Gasteiger partial charge >= 0.3 is 5.97 Å². The maximum Gasteiger partial charge on any atom is 0.313 e. The van der Waals surface area contributed by atoms with Crippen molar-refractivity contribution in [3.63, 3.8) is 0 Å². The molecule has 0 saturated heterocycles. The normalized spacial score (nSPS) is 27.8. The van der Waals surface area contributed by atoms with Gasteiger partial charge in [-0.1, -0.05) is 56.1 Å². The summed E-state index contributed by atoms with van der Waals surface area (Å²) in [5.41, 5.74) is -0.646. The molecule has 6 heteroatoms. The van der Waals surface area contributed by atoms with Gasteiger partial charge in [-0.2, -0.15) is 5.26 Å². The number of halogens is 2. The Morgan fingerprint density at radius 3 is 2.54 bits per heavy atom. The van der Waals surface area contributed by atoms with Crippen LogP contribution in [0.4, 0.5) is 4.39 Å². The molecule has 1 heterocycles. The van der Waals surface area contributed by atoms with Crippen molar-refractivity contribution in [2.75, 3.05) is 0 Å². The number of carboxylic acids is 1. The lowest BCUT2D eigenvalue weighted by Gasteiger charge is -2.55. The summed E-state index contributed by atoms with van der Waals surface area (Å²) in [6.07, 6.45) is 2.01. The Labute approximate surface area is 175 Å². The van der Waals surface area contributed by atoms with Gasteiger partial charge in [-0.05, 0) is 42.9 Å². The number of carbonyl (C=O) groups is 1. The average molecular weight is 451 g/mol. The monoisotopic (exact) mass is 450 g/mol. The molecular formula is C22H28BrFN2O2. The fourth-order valence-electron chi connectivity index (χ4n) is 4.78. The van der Waals surface area contributed by atoms with Crippen LogP contribution in [0.25, 0.3) is 0 Å². The van der Waals surface area contributed by atoms with Crippen molar-refractivity contribution in [3.8, 4) is 6.07 Å². The van der Waals surface area contributed by atoms with E-state index < -0.39 is 40.5 Å². The third kappa shape index (κ3) is 3.39. The van der Waals surface area contributed by atoms with E-state index in [1.165, 1.54) is 12.1 Å². The van der Waals surface area contributed by atoms with Crippen molar-refractivity contribution in [1.29, 1.82) is 5.26 Å². The van der Waals surface area contributed by atoms with Gasteiger partial charge in [0.05, 0.1) is 18.0 Å². The molecule has 0 bridgehead atoms. The molecule has 28 heavy (non-hydrogen) atoms. The van der Waals surface area contributed by atoms with Crippen molar-refractivity contribution in [2.45, 2.75) is 65.8 Å². The maximum absolute atomic E-state index is 13.8. The smallest absolute Gasteiger partial charge is 0.313 e. The van der Waals surface area contributed by atoms with Crippen molar-refractivity contribution >= 4 is 27.6 Å². The molecule has 0 aliphatic carbocycles. The van der Waals surface area contributed by atoms with E-state index in [-0.39, 0.29) is 0 Å². The summed E-state index contributed by atoms with van der Waals surface area (Å²) in [5, 5.41) is 20.7. The quantitative estimate of drug-likeness (QED) is 0.580. The molecule has 1 aliphatic heterocycles. The van der Waals surface area contributed by atoms with Crippen LogP contribution in [0.5, 0.6) is 0 Å². The Morgan fingerprint density at radius 1 is 1.43 bits per heavy atom. The molecule has 0 spiro atoms. The van der Waals surface area contributed by atoms with Gasteiger partial charge < -0.3 is 5.11 Å². The summed E-state index contributed by atoms with van der Waals surface area (Å²) in [7, 11) is 0. The van der Waals surface area contributed by atoms with Crippen LogP contribution in [-0.2, 0) is 4.79 Å². The van der Waals surface area contributed by atoms with Crippen LogP contribution in [0, 0.1) is 33.9 Å². The highest BCUT2D eigenvalue weighted by atomic mass is 79.9. The second-order valence-corrected chi connectivity index (χ2v) is 9.09. The molecule has 4 nitrogen and oxygen atoms in total. The molecule has 1 aromatic rings. The first-order valence-electron chi connectivity index (χ1n) is 9.70. The number of benzene rings is 1. The zero-order chi connectivity index (χ0) is 21.3. The third-order valence-electron chi connectivity index (χ3n) is 6.52. The molecule has 4 atom stereocenters. The molecule has 1 N–H and O–H groups in total. The molecule has 0 amide bonds. The predicted molar refractivity (Wildman–Crippen MR) is 112 cm³/mol. The van der Waals surface area contributed by atoms with Gasteiger partial charge in [-0.3, -0.25) is 9.79 Å². The van der Waals surface area contributed by atoms with E-state index in [0.717, 1.165) is 6.42 Å². The summed E-state index contributed by atoms with van der Waals surface area (Å²) < 4.78 is 14.3. The first-order valence-corrected chi connectivity index (χ1v) is 10.5. The largest absolute Gasteiger partial charge is 0.481 e. The van der Waals surface area contributed by atoms with Gasteiger partial charge in [0.1, 0.15) is 11.2 Å². The van der Waals surface area contributed by atoms with E-state index in [0.29, 0.717) is 28.6 Å². The molecular weight excluding hydrogens is 423 g/mol. The van der Waals surface area contributed by atoms with Crippen molar-refractivity contribution in [3.05, 3.63) is 34.1 Å². The van der Waals surface area contributed by atoms with Gasteiger partial charge in [0.15, 0.2) is 0 Å². The number of aliphatic imine (C=N–C) groups is 1. The molecule has 0 fully saturated rings. The fourth-order valence-corrected chi connectivity index (χ4v) is 5.38. The van der Waals surface area contributed by atoms with Crippen LogP contribution in [0.15, 0.2) is 27.7 Å². The first kappa shape index (κ1) is 22.5. The van der Waals surface area contributed by atoms with Crippen LogP contribution >= 0.6 is 15.9 Å². The number of nitriles is 1. The lowest BCUT2D eigenvalue weighted by molar-refractivity contribution is -0.164. The van der Waals surface area contributed by atoms with E-state index in [4.69, 9.17) is 4.99 Å². The van der Waals surface area contributed by atoms with E-state index in [1.807, 2.05) is 27.7 Å². The van der Waals surface area contributed by atoms with Crippen LogP contribution in [-0.4, -0.2) is 22.8 Å². The van der Waals surface area contributed by atoms with Crippen molar-refractivity contribution in [1.82, 2.24) is 0 Å². The molecule has 0 radical (unpaired) electrons. The number of hydrogen-bond donors (Lipinski definition) is 1. The minimum atomic E-state index is -1.29. The average Bonchev–Trinajstić information content (AvgIpc) is 2.61. The number of aliphatic carboxylic acids is 1. The lowest BCUT2D eigenvalue weighted by atomic mass is 9.48. The van der Waals surface area contributed by atoms with E-state index in [2.05, 4.69) is 22.0 Å². The molecule has 152 valence electrons. The highest BCUT2D eigenvalue weighted by Gasteiger charge is 2.64. The molecule has 0 saturated carbocycles. The maximum atomic E-state index is 13.8. The van der Waals surface area contributed by atoms with Gasteiger partial charge in [0.2, 0.25) is 0 Å². The number of rotatable bonds is 6. The predicted octanol–water partition coefficient (Wildman–Crippen LogP) is 5.96. The van der Waals surface area contributed by atoms with Crippen LogP contribution < -0.4 is 0 Å². The van der Waals surface area contributed by atoms with Crippen molar-refractivity contribution in [2.24, 2.45) is 21.7 Å². The topological polar surface area (TPSA) is 73.5 Å². The number of hydrogen-bond acceptors (Lipinski definition) is 3. The third-order valence-corrected chi connectivity index (χ3v) is 7.20. The summed E-state index contributed by atoms with van der Waals surface area (Å²) in [6, 6.07) is 6.12. The summed E-state index contributed by atoms with van der Waals surface area (Å²) in [4.78, 5) is 17.8. The number of nitrogens with zero attached hydrogens (tertiary/aromatic N) is 2. The molecule has 1 aromatic carbocycles. The summed E-state index contributed by atoms with van der Waals surface area (Å²) in [5.74, 6) is -2.70. The van der Waals surface area contributed by atoms with E-state index in [9.17, 15) is 19.6 Å². The van der Waals surface area contributed by atoms with E-state index >= 15 is 0 Å². The van der Waals surface area contributed by atoms with Gasteiger partial charge in [-0.25, -0.2) is 4.39 Å². The minimum Gasteiger partial charge on any atom is -0.481 e. The van der Waals surface area contributed by atoms with Crippen LogP contribution in [0.1, 0.15) is 65.4 Å². The first-order chi connectivity index (χ1) is 13.1. The van der Waals surface area contributed by atoms with Crippen molar-refractivity contribution < 1.29 is 14.3 Å². The zero-order valence-corrected chi connectivity index (χ0v) is 18.7. The Balaban J connectivity index is 2.96. The molecule has 0 aromatic heterocycles. The summed E-state index contributed by atoms with van der Waals surface area (Å²) >= 11 is 3.43. The Morgan fingerprint density at radius 2 is 2.07 bits per heavy atom. The molecule has 4 unspecified atom stereocenters. The molecule has 1 aliphatic rings. The van der Waals surface area contributed by atoms with Gasteiger partial charge in [0.25, 0.3) is 0 Å². The van der Waals surface area contributed by atoms with Crippen LogP contribution in [0.3, 0.4) is 0 Å². The highest BCUT2D eigenvalue weighted by Crippen LogP contribution is 2.60. The zero-order valence-electron chi connectivity index (χ0n) is 17.1. The SMILES string of the molecule is CCCC1N=C(C)C(C#N)C(c2ccc(F)cc2Br)C1(C(=O)O)C(C)(C)CC. The van der Waals surface area contributed by atoms with Gasteiger partial charge in [-0.15, -0.1) is 0 Å². The lowest BCUT2D eigenvalue weighted by Crippen LogP contribution is -2.60. The fraction of sp³-hybridized carbons (Fsp3) is 0.591.